The summed E-state index contributed by atoms with van der Waals surface area (Å²) in [5, 5.41) is 3.97. The fourth-order valence-electron chi connectivity index (χ4n) is 2.81. The predicted molar refractivity (Wildman–Crippen MR) is 122 cm³/mol. The molecule has 0 saturated carbocycles. The van der Waals surface area contributed by atoms with Gasteiger partial charge in [-0.05, 0) is 35.8 Å². The van der Waals surface area contributed by atoms with E-state index < -0.39 is 0 Å². The van der Waals surface area contributed by atoms with Crippen LogP contribution >= 0.6 is 35.5 Å². The molecule has 1 atom stereocenters. The number of hydrogen-bond donors (Lipinski definition) is 1. The minimum Gasteiger partial charge on any atom is -0.496 e. The van der Waals surface area contributed by atoms with E-state index in [9.17, 15) is 0 Å². The summed E-state index contributed by atoms with van der Waals surface area (Å²) in [4.78, 5) is 6.53. The van der Waals surface area contributed by atoms with E-state index in [0.717, 1.165) is 34.4 Å². The zero-order chi connectivity index (χ0) is 20.2. The van der Waals surface area contributed by atoms with E-state index in [1.165, 1.54) is 16.4 Å². The molecule has 4 nitrogen and oxygen atoms in total. The van der Waals surface area contributed by atoms with Crippen molar-refractivity contribution in [2.75, 3.05) is 18.2 Å². The third-order valence-corrected chi connectivity index (χ3v) is 7.06. The largest absolute Gasteiger partial charge is 0.496 e. The van der Waals surface area contributed by atoms with Crippen molar-refractivity contribution in [1.82, 2.24) is 9.36 Å². The molecule has 7 heteroatoms. The van der Waals surface area contributed by atoms with Gasteiger partial charge in [-0.2, -0.15) is 4.37 Å². The molecule has 1 unspecified atom stereocenters. The van der Waals surface area contributed by atoms with Crippen molar-refractivity contribution in [2.24, 2.45) is 5.41 Å². The first-order valence-electron chi connectivity index (χ1n) is 9.12. The summed E-state index contributed by atoms with van der Waals surface area (Å²) in [5.74, 6) is 2.63. The first-order chi connectivity index (χ1) is 12.7. The monoisotopic (exact) mass is 423 g/mol. The molecular formula is C20H29N3OS3. The van der Waals surface area contributed by atoms with Crippen LogP contribution in [-0.2, 0) is 5.41 Å². The van der Waals surface area contributed by atoms with E-state index >= 15 is 0 Å². The van der Waals surface area contributed by atoms with Gasteiger partial charge in [0, 0.05) is 21.8 Å². The molecule has 0 fully saturated rings. The number of nitrogens with zero attached hydrogens (tertiary/aromatic N) is 2. The number of thiocarbonyl (C=S) groups is 1. The standard InChI is InChI=1S/C20H29N3OS3/c1-8-20(6,19(3,4)5)17-22-18(27-23-17)21-16(25)14-12-13(26-9-2)10-11-15(14)24-7/h10-12H,8-9H2,1-7H3,(H,21,22,23,25). The number of anilines is 1. The van der Waals surface area contributed by atoms with Crippen molar-refractivity contribution < 1.29 is 4.74 Å². The molecule has 27 heavy (non-hydrogen) atoms. The number of nitrogens with one attached hydrogen (secondary N) is 1. The maximum Gasteiger partial charge on any atom is 0.207 e. The van der Waals surface area contributed by atoms with E-state index in [1.807, 2.05) is 6.07 Å². The number of methoxy groups -OCH3 is 1. The fourth-order valence-corrected chi connectivity index (χ4v) is 4.52. The summed E-state index contributed by atoms with van der Waals surface area (Å²) in [6.07, 6.45) is 0.973. The number of thioether (sulfide) groups is 1. The van der Waals surface area contributed by atoms with Crippen molar-refractivity contribution in [3.8, 4) is 5.75 Å². The molecule has 1 aromatic carbocycles. The van der Waals surface area contributed by atoms with Crippen LogP contribution in [0.4, 0.5) is 5.13 Å². The number of rotatable bonds is 7. The average molecular weight is 424 g/mol. The van der Waals surface area contributed by atoms with Crippen LogP contribution in [0, 0.1) is 5.41 Å². The van der Waals surface area contributed by atoms with Crippen LogP contribution in [0.2, 0.25) is 0 Å². The Labute approximate surface area is 176 Å². The summed E-state index contributed by atoms with van der Waals surface area (Å²) < 4.78 is 10.1. The second-order valence-corrected chi connectivity index (χ2v) is 10.1. The maximum atomic E-state index is 5.64. The topological polar surface area (TPSA) is 47.0 Å². The van der Waals surface area contributed by atoms with Crippen LogP contribution in [0.15, 0.2) is 23.1 Å². The molecule has 0 saturated heterocycles. The maximum absolute atomic E-state index is 5.64. The Morgan fingerprint density at radius 1 is 1.26 bits per heavy atom. The second-order valence-electron chi connectivity index (χ2n) is 7.61. The van der Waals surface area contributed by atoms with E-state index in [4.69, 9.17) is 21.9 Å². The first kappa shape index (κ1) is 22.1. The van der Waals surface area contributed by atoms with E-state index in [1.54, 1.807) is 18.9 Å². The normalized spacial score (nSPS) is 13.9. The Hall–Kier alpha value is -1.18. The summed E-state index contributed by atoms with van der Waals surface area (Å²) in [6, 6.07) is 6.08. The lowest BCUT2D eigenvalue weighted by atomic mass is 9.66. The summed E-state index contributed by atoms with van der Waals surface area (Å²) in [7, 11) is 1.66. The third-order valence-electron chi connectivity index (χ3n) is 5.23. The summed E-state index contributed by atoms with van der Waals surface area (Å²) >= 11 is 8.77. The average Bonchev–Trinajstić information content (AvgIpc) is 3.09. The van der Waals surface area contributed by atoms with E-state index in [-0.39, 0.29) is 10.8 Å². The summed E-state index contributed by atoms with van der Waals surface area (Å²) in [6.45, 7) is 13.2. The first-order valence-corrected chi connectivity index (χ1v) is 11.3. The van der Waals surface area contributed by atoms with Crippen molar-refractivity contribution in [2.45, 2.75) is 58.3 Å². The second kappa shape index (κ2) is 8.88. The minimum atomic E-state index is -0.0968. The molecule has 0 radical (unpaired) electrons. The van der Waals surface area contributed by atoms with Crippen LogP contribution in [0.1, 0.15) is 59.4 Å². The molecule has 0 aliphatic heterocycles. The zero-order valence-electron chi connectivity index (χ0n) is 17.2. The van der Waals surface area contributed by atoms with Gasteiger partial charge >= 0.3 is 0 Å². The Balaban J connectivity index is 2.27. The molecule has 0 aliphatic carbocycles. The molecule has 2 aromatic rings. The van der Waals surface area contributed by atoms with Crippen LogP contribution in [0.5, 0.6) is 5.75 Å². The molecular weight excluding hydrogens is 394 g/mol. The van der Waals surface area contributed by atoms with Gasteiger partial charge < -0.3 is 10.1 Å². The highest BCUT2D eigenvalue weighted by Crippen LogP contribution is 2.43. The molecule has 1 N–H and O–H groups in total. The minimum absolute atomic E-state index is 0.0650. The van der Waals surface area contributed by atoms with Crippen LogP contribution in [0.3, 0.4) is 0 Å². The Bertz CT molecular complexity index is 798. The van der Waals surface area contributed by atoms with Crippen LogP contribution in [0.25, 0.3) is 0 Å². The van der Waals surface area contributed by atoms with Crippen LogP contribution in [-0.4, -0.2) is 27.2 Å². The molecule has 2 rings (SSSR count). The lowest BCUT2D eigenvalue weighted by Crippen LogP contribution is -2.37. The molecule has 148 valence electrons. The van der Waals surface area contributed by atoms with E-state index in [2.05, 4.69) is 63.4 Å². The summed E-state index contributed by atoms with van der Waals surface area (Å²) in [5.41, 5.74) is 0.840. The Morgan fingerprint density at radius 3 is 2.52 bits per heavy atom. The predicted octanol–water partition coefficient (Wildman–Crippen LogP) is 6.16. The Morgan fingerprint density at radius 2 is 1.96 bits per heavy atom. The Kier molecular flexibility index (Phi) is 7.27. The van der Waals surface area contributed by atoms with Crippen molar-refractivity contribution >= 4 is 45.6 Å². The fraction of sp³-hybridized carbons (Fsp3) is 0.550. The SMILES string of the molecule is CCSc1ccc(OC)c(C(=S)Nc2nc(C(C)(CC)C(C)(C)C)ns2)c1. The lowest BCUT2D eigenvalue weighted by Gasteiger charge is -2.39. The van der Waals surface area contributed by atoms with Crippen molar-refractivity contribution in [3.63, 3.8) is 0 Å². The van der Waals surface area contributed by atoms with Crippen molar-refractivity contribution in [3.05, 3.63) is 29.6 Å². The highest BCUT2D eigenvalue weighted by atomic mass is 32.2. The quantitative estimate of drug-likeness (QED) is 0.425. The van der Waals surface area contributed by atoms with Crippen LogP contribution < -0.4 is 10.1 Å². The van der Waals surface area contributed by atoms with Gasteiger partial charge in [-0.25, -0.2) is 4.98 Å². The highest BCUT2D eigenvalue weighted by Gasteiger charge is 2.40. The van der Waals surface area contributed by atoms with Crippen molar-refractivity contribution in [1.29, 1.82) is 0 Å². The molecule has 1 heterocycles. The van der Waals surface area contributed by atoms with Gasteiger partial charge in [-0.1, -0.05) is 53.8 Å². The third kappa shape index (κ3) is 4.81. The van der Waals surface area contributed by atoms with Gasteiger partial charge in [-0.15, -0.1) is 11.8 Å². The van der Waals surface area contributed by atoms with Gasteiger partial charge in [0.25, 0.3) is 0 Å². The molecule has 1 aromatic heterocycles. The number of hydrogen-bond acceptors (Lipinski definition) is 6. The number of benzene rings is 1. The van der Waals surface area contributed by atoms with E-state index in [0.29, 0.717) is 4.99 Å². The molecule has 0 bridgehead atoms. The molecule has 0 aliphatic rings. The molecule has 0 spiro atoms. The number of ether oxygens (including phenoxy) is 1. The molecule has 0 amide bonds. The zero-order valence-corrected chi connectivity index (χ0v) is 19.6. The highest BCUT2D eigenvalue weighted by molar-refractivity contribution is 7.99. The van der Waals surface area contributed by atoms with Gasteiger partial charge in [0.15, 0.2) is 5.82 Å². The van der Waals surface area contributed by atoms with Gasteiger partial charge in [0.2, 0.25) is 5.13 Å². The smallest absolute Gasteiger partial charge is 0.207 e. The van der Waals surface area contributed by atoms with Gasteiger partial charge in [-0.3, -0.25) is 0 Å². The van der Waals surface area contributed by atoms with Gasteiger partial charge in [0.05, 0.1) is 12.7 Å². The number of aromatic nitrogens is 2. The van der Waals surface area contributed by atoms with Gasteiger partial charge in [0.1, 0.15) is 10.7 Å². The lowest BCUT2D eigenvalue weighted by molar-refractivity contribution is 0.186.